The summed E-state index contributed by atoms with van der Waals surface area (Å²) < 4.78 is 18.8. The number of piperazine rings is 1. The maximum atomic E-state index is 13.2. The van der Waals surface area contributed by atoms with Gasteiger partial charge in [0.2, 0.25) is 5.91 Å². The Balaban J connectivity index is 0.913. The second-order valence-corrected chi connectivity index (χ2v) is 16.0. The number of likely N-dealkylation sites (tertiary alicyclic amines) is 1. The van der Waals surface area contributed by atoms with E-state index in [2.05, 4.69) is 52.4 Å². The first-order chi connectivity index (χ1) is 29.3. The minimum absolute atomic E-state index is 0.0123. The van der Waals surface area contributed by atoms with E-state index in [0.29, 0.717) is 0 Å². The SMILES string of the molecule is C[C@H]1[C@@H](CN2CCN(Cc3ccccc3)CC2)O[C@@H](c2ccc(-c3cccc(CN4C(=O)CC(NC(=O)OCc5ccccc5)C4=O)c3)cc2)O[C@H]1c1ccc(CO)cc1. The van der Waals surface area contributed by atoms with Crippen molar-refractivity contribution in [3.05, 3.63) is 167 Å². The Morgan fingerprint density at radius 3 is 2.05 bits per heavy atom. The first kappa shape index (κ1) is 41.1. The summed E-state index contributed by atoms with van der Waals surface area (Å²) in [4.78, 5) is 44.9. The summed E-state index contributed by atoms with van der Waals surface area (Å²) in [5.74, 6) is -0.727. The van der Waals surface area contributed by atoms with E-state index < -0.39 is 24.3 Å². The fourth-order valence-electron chi connectivity index (χ4n) is 8.29. The van der Waals surface area contributed by atoms with E-state index in [-0.39, 0.29) is 50.2 Å². The Morgan fingerprint density at radius 1 is 0.700 bits per heavy atom. The maximum absolute atomic E-state index is 13.2. The van der Waals surface area contributed by atoms with Gasteiger partial charge in [-0.1, -0.05) is 134 Å². The topological polar surface area (TPSA) is 121 Å². The highest BCUT2D eigenvalue weighted by Gasteiger charge is 2.41. The van der Waals surface area contributed by atoms with Gasteiger partial charge in [-0.15, -0.1) is 0 Å². The molecule has 3 fully saturated rings. The summed E-state index contributed by atoms with van der Waals surface area (Å²) in [6.45, 7) is 8.04. The number of benzene rings is 5. The Labute approximate surface area is 351 Å². The van der Waals surface area contributed by atoms with Crippen LogP contribution in [0.15, 0.2) is 133 Å². The van der Waals surface area contributed by atoms with E-state index in [1.165, 1.54) is 10.5 Å². The van der Waals surface area contributed by atoms with Crippen LogP contribution < -0.4 is 5.32 Å². The number of aliphatic hydroxyl groups is 1. The molecule has 11 nitrogen and oxygen atoms in total. The number of ether oxygens (including phenoxy) is 3. The predicted molar refractivity (Wildman–Crippen MR) is 227 cm³/mol. The molecule has 0 spiro atoms. The van der Waals surface area contributed by atoms with Crippen LogP contribution in [0.4, 0.5) is 4.79 Å². The first-order valence-electron chi connectivity index (χ1n) is 20.8. The van der Waals surface area contributed by atoms with Crippen LogP contribution in [0.1, 0.15) is 59.1 Å². The molecule has 8 rings (SSSR count). The van der Waals surface area contributed by atoms with E-state index in [0.717, 1.165) is 78.2 Å². The summed E-state index contributed by atoms with van der Waals surface area (Å²) in [5, 5.41) is 12.2. The number of carbonyl (C=O) groups excluding carboxylic acids is 3. The Kier molecular flexibility index (Phi) is 13.1. The van der Waals surface area contributed by atoms with Crippen LogP contribution in [0.5, 0.6) is 0 Å². The van der Waals surface area contributed by atoms with Crippen LogP contribution in [0.3, 0.4) is 0 Å². The van der Waals surface area contributed by atoms with Crippen molar-refractivity contribution < 1.29 is 33.7 Å². The smallest absolute Gasteiger partial charge is 0.408 e. The standard InChI is InChI=1S/C49H52N4O7/c1-34-44(31-52-25-23-51(24-26-52)29-35-9-4-2-5-10-35)59-48(60-46(34)40-17-15-36(32-54)16-18-40)41-21-19-39(20-22-41)42-14-8-13-38(27-42)30-53-45(55)28-43(47(53)56)50-49(57)58-33-37-11-6-3-7-12-37/h2-22,27,34,43-44,46,48,54H,23-26,28-33H2,1H3,(H,50,57)/t34-,43?,44+,46+,48+/m0/s1. The van der Waals surface area contributed by atoms with Gasteiger partial charge in [0.05, 0.1) is 31.8 Å². The number of hydrogen-bond donors (Lipinski definition) is 2. The van der Waals surface area contributed by atoms with Crippen molar-refractivity contribution in [2.24, 2.45) is 5.92 Å². The van der Waals surface area contributed by atoms with Crippen LogP contribution in [0.25, 0.3) is 11.1 Å². The van der Waals surface area contributed by atoms with Gasteiger partial charge in [0.25, 0.3) is 5.91 Å². The number of nitrogens with zero attached hydrogens (tertiary/aromatic N) is 3. The van der Waals surface area contributed by atoms with Gasteiger partial charge in [0, 0.05) is 50.7 Å². The second-order valence-electron chi connectivity index (χ2n) is 16.0. The molecule has 0 radical (unpaired) electrons. The molecule has 3 saturated heterocycles. The highest BCUT2D eigenvalue weighted by atomic mass is 16.7. The third-order valence-corrected chi connectivity index (χ3v) is 11.8. The number of nitrogens with one attached hydrogen (secondary N) is 1. The molecule has 0 aliphatic carbocycles. The van der Waals surface area contributed by atoms with Gasteiger partial charge in [-0.05, 0) is 45.0 Å². The normalized spacial score (nSPS) is 22.5. The van der Waals surface area contributed by atoms with E-state index in [4.69, 9.17) is 14.2 Å². The lowest BCUT2D eigenvalue weighted by molar-refractivity contribution is -0.276. The zero-order valence-electron chi connectivity index (χ0n) is 33.9. The molecule has 3 aliphatic rings. The molecule has 5 aromatic carbocycles. The molecule has 310 valence electrons. The van der Waals surface area contributed by atoms with Crippen LogP contribution >= 0.6 is 0 Å². The quantitative estimate of drug-likeness (QED) is 0.121. The van der Waals surface area contributed by atoms with Gasteiger partial charge in [-0.3, -0.25) is 24.3 Å². The summed E-state index contributed by atoms with van der Waals surface area (Å²) in [6.07, 6.45) is -1.73. The summed E-state index contributed by atoms with van der Waals surface area (Å²) in [7, 11) is 0. The highest BCUT2D eigenvalue weighted by Crippen LogP contribution is 2.42. The van der Waals surface area contributed by atoms with Gasteiger partial charge < -0.3 is 24.6 Å². The van der Waals surface area contributed by atoms with Crippen molar-refractivity contribution in [1.29, 1.82) is 0 Å². The van der Waals surface area contributed by atoms with Gasteiger partial charge in [-0.2, -0.15) is 0 Å². The highest BCUT2D eigenvalue weighted by molar-refractivity contribution is 6.06. The fourth-order valence-corrected chi connectivity index (χ4v) is 8.29. The molecule has 0 aromatic heterocycles. The summed E-state index contributed by atoms with van der Waals surface area (Å²) in [6, 6.07) is 42.8. The van der Waals surface area contributed by atoms with Crippen LogP contribution in [0, 0.1) is 5.92 Å². The van der Waals surface area contributed by atoms with Crippen molar-refractivity contribution in [2.45, 2.75) is 64.2 Å². The minimum atomic E-state index is -0.974. The number of hydrogen-bond acceptors (Lipinski definition) is 9. The van der Waals surface area contributed by atoms with Crippen molar-refractivity contribution in [2.75, 3.05) is 32.7 Å². The third-order valence-electron chi connectivity index (χ3n) is 11.8. The molecule has 0 saturated carbocycles. The molecular weight excluding hydrogens is 757 g/mol. The van der Waals surface area contributed by atoms with Crippen molar-refractivity contribution in [3.63, 3.8) is 0 Å². The number of rotatable bonds is 13. The molecule has 5 atom stereocenters. The molecule has 3 heterocycles. The van der Waals surface area contributed by atoms with E-state index in [9.17, 15) is 19.5 Å². The van der Waals surface area contributed by atoms with Crippen molar-refractivity contribution in [1.82, 2.24) is 20.0 Å². The molecule has 60 heavy (non-hydrogen) atoms. The monoisotopic (exact) mass is 808 g/mol. The first-order valence-corrected chi connectivity index (χ1v) is 20.8. The minimum Gasteiger partial charge on any atom is -0.445 e. The maximum Gasteiger partial charge on any atom is 0.408 e. The molecule has 11 heteroatoms. The van der Waals surface area contributed by atoms with Gasteiger partial charge in [0.1, 0.15) is 12.6 Å². The molecule has 1 unspecified atom stereocenters. The van der Waals surface area contributed by atoms with Crippen LogP contribution in [-0.4, -0.2) is 82.6 Å². The lowest BCUT2D eigenvalue weighted by atomic mass is 9.89. The Bertz CT molecular complexity index is 2210. The molecule has 5 aromatic rings. The zero-order chi connectivity index (χ0) is 41.4. The number of alkyl carbamates (subject to hydrolysis) is 1. The number of carbonyl (C=O) groups is 3. The number of amides is 3. The fraction of sp³-hybridized carbons (Fsp3) is 0.327. The lowest BCUT2D eigenvalue weighted by Gasteiger charge is -2.44. The lowest BCUT2D eigenvalue weighted by Crippen LogP contribution is -2.51. The van der Waals surface area contributed by atoms with Crippen molar-refractivity contribution in [3.8, 4) is 11.1 Å². The second kappa shape index (κ2) is 19.1. The Morgan fingerprint density at radius 2 is 1.35 bits per heavy atom. The predicted octanol–water partition coefficient (Wildman–Crippen LogP) is 7.01. The average Bonchev–Trinajstić information content (AvgIpc) is 3.54. The van der Waals surface area contributed by atoms with Gasteiger partial charge >= 0.3 is 6.09 Å². The average molecular weight is 809 g/mol. The molecular formula is C49H52N4O7. The van der Waals surface area contributed by atoms with Crippen LogP contribution in [-0.2, 0) is 50.1 Å². The van der Waals surface area contributed by atoms with Gasteiger partial charge in [0.15, 0.2) is 6.29 Å². The van der Waals surface area contributed by atoms with E-state index in [1.54, 1.807) is 0 Å². The molecule has 0 bridgehead atoms. The third kappa shape index (κ3) is 10.0. The zero-order valence-corrected chi connectivity index (χ0v) is 33.9. The van der Waals surface area contributed by atoms with Crippen LogP contribution in [0.2, 0.25) is 0 Å². The molecule has 2 N–H and O–H groups in total. The Hall–Kier alpha value is -5.69. The van der Waals surface area contributed by atoms with Crippen molar-refractivity contribution >= 4 is 17.9 Å². The van der Waals surface area contributed by atoms with E-state index >= 15 is 0 Å². The molecule has 3 amide bonds. The largest absolute Gasteiger partial charge is 0.445 e. The molecule has 3 aliphatic heterocycles. The van der Waals surface area contributed by atoms with Gasteiger partial charge in [-0.25, -0.2) is 4.79 Å². The number of aliphatic hydroxyl groups excluding tert-OH is 1. The number of imide groups is 1. The summed E-state index contributed by atoms with van der Waals surface area (Å²) >= 11 is 0. The summed E-state index contributed by atoms with van der Waals surface area (Å²) in [5.41, 5.74) is 7.66. The van der Waals surface area contributed by atoms with E-state index in [1.807, 2.05) is 103 Å².